The molecule has 3 aromatic rings. The predicted molar refractivity (Wildman–Crippen MR) is 96.3 cm³/mol. The molecule has 2 aromatic carbocycles. The lowest BCUT2D eigenvalue weighted by Gasteiger charge is -2.09. The lowest BCUT2D eigenvalue weighted by atomic mass is 10.0. The molecule has 1 N–H and O–H groups in total. The Balaban J connectivity index is 1.92. The highest BCUT2D eigenvalue weighted by molar-refractivity contribution is 6.30. The smallest absolute Gasteiger partial charge is 0.336 e. The van der Waals surface area contributed by atoms with E-state index in [1.54, 1.807) is 0 Å². The van der Waals surface area contributed by atoms with E-state index in [4.69, 9.17) is 16.6 Å². The number of aromatic nitrogens is 1. The zero-order valence-electron chi connectivity index (χ0n) is 12.8. The molecule has 4 heteroatoms. The van der Waals surface area contributed by atoms with Crippen molar-refractivity contribution in [3.05, 3.63) is 75.9 Å². The molecule has 0 bridgehead atoms. The first-order valence-corrected chi connectivity index (χ1v) is 8.13. The number of nitrogens with zero attached hydrogens (tertiary/aromatic N) is 1. The number of carbonyl (C=O) groups is 1. The zero-order valence-corrected chi connectivity index (χ0v) is 13.5. The molecule has 0 atom stereocenters. The molecule has 118 valence electrons. The van der Waals surface area contributed by atoms with Gasteiger partial charge >= 0.3 is 5.97 Å². The first kappa shape index (κ1) is 14.9. The van der Waals surface area contributed by atoms with Crippen molar-refractivity contribution in [3.8, 4) is 0 Å². The molecule has 0 radical (unpaired) electrons. The van der Waals surface area contributed by atoms with Crippen LogP contribution in [0, 0.1) is 0 Å². The van der Waals surface area contributed by atoms with Crippen molar-refractivity contribution in [2.45, 2.75) is 12.8 Å². The summed E-state index contributed by atoms with van der Waals surface area (Å²) in [5.74, 6) is -0.891. The molecule has 1 aliphatic carbocycles. The van der Waals surface area contributed by atoms with Gasteiger partial charge in [-0.2, -0.15) is 0 Å². The summed E-state index contributed by atoms with van der Waals surface area (Å²) in [5, 5.41) is 11.1. The molecule has 0 spiro atoms. The van der Waals surface area contributed by atoms with Crippen molar-refractivity contribution >= 4 is 40.1 Å². The number of pyridine rings is 1. The third-order valence-corrected chi connectivity index (χ3v) is 4.62. The number of hydrogen-bond acceptors (Lipinski definition) is 2. The van der Waals surface area contributed by atoms with Crippen LogP contribution in [-0.4, -0.2) is 16.1 Å². The van der Waals surface area contributed by atoms with E-state index in [1.165, 1.54) is 0 Å². The van der Waals surface area contributed by atoms with E-state index in [-0.39, 0.29) is 0 Å². The second kappa shape index (κ2) is 5.77. The quantitative estimate of drug-likeness (QED) is 0.711. The monoisotopic (exact) mass is 335 g/mol. The molecular formula is C20H14ClNO2. The topological polar surface area (TPSA) is 50.2 Å². The van der Waals surface area contributed by atoms with Crippen LogP contribution < -0.4 is 0 Å². The average Bonchev–Trinajstić information content (AvgIpc) is 2.97. The van der Waals surface area contributed by atoms with Crippen LogP contribution in [0.1, 0.15) is 33.6 Å². The molecule has 0 saturated heterocycles. The Kier molecular flexibility index (Phi) is 3.58. The van der Waals surface area contributed by atoms with Crippen LogP contribution in [0.25, 0.3) is 22.6 Å². The first-order chi connectivity index (χ1) is 11.6. The molecule has 1 heterocycles. The van der Waals surface area contributed by atoms with Crippen molar-refractivity contribution < 1.29 is 9.90 Å². The summed E-state index contributed by atoms with van der Waals surface area (Å²) >= 11 is 5.93. The summed E-state index contributed by atoms with van der Waals surface area (Å²) in [6.07, 6.45) is 3.56. The maximum absolute atomic E-state index is 11.8. The fourth-order valence-electron chi connectivity index (χ4n) is 3.28. The van der Waals surface area contributed by atoms with E-state index < -0.39 is 5.97 Å². The molecule has 1 aliphatic rings. The van der Waals surface area contributed by atoms with Crippen molar-refractivity contribution in [1.82, 2.24) is 4.98 Å². The summed E-state index contributed by atoms with van der Waals surface area (Å²) < 4.78 is 0. The van der Waals surface area contributed by atoms with Gasteiger partial charge in [-0.3, -0.25) is 0 Å². The Morgan fingerprint density at radius 3 is 2.58 bits per heavy atom. The third kappa shape index (κ3) is 2.47. The number of halogens is 1. The minimum atomic E-state index is -0.891. The Hall–Kier alpha value is -2.65. The molecule has 4 rings (SSSR count). The number of carboxylic acid groups (broad SMARTS) is 1. The van der Waals surface area contributed by atoms with Crippen molar-refractivity contribution in [2.24, 2.45) is 0 Å². The number of rotatable bonds is 2. The number of aromatic carboxylic acids is 1. The molecule has 0 unspecified atom stereocenters. The van der Waals surface area contributed by atoms with Crippen molar-refractivity contribution in [3.63, 3.8) is 0 Å². The maximum atomic E-state index is 11.8. The third-order valence-electron chi connectivity index (χ3n) is 4.37. The number of benzene rings is 2. The van der Waals surface area contributed by atoms with Crippen LogP contribution in [0.4, 0.5) is 0 Å². The lowest BCUT2D eigenvalue weighted by molar-refractivity contribution is 0.0698. The standard InChI is InChI=1S/C20H14ClNO2/c21-14-8-5-12(6-9-14)11-13-7-10-16-18(20(23)24)15-3-1-2-4-17(15)22-19(13)16/h1-6,8-9,11H,7,10H2,(H,23,24). The molecule has 1 aromatic heterocycles. The van der Waals surface area contributed by atoms with Gasteiger partial charge in [-0.1, -0.05) is 41.9 Å². The number of carboxylic acids is 1. The van der Waals surface area contributed by atoms with Gasteiger partial charge in [0.2, 0.25) is 0 Å². The normalized spacial score (nSPS) is 15.0. The van der Waals surface area contributed by atoms with Gasteiger partial charge in [0.05, 0.1) is 16.8 Å². The van der Waals surface area contributed by atoms with Crippen molar-refractivity contribution in [1.29, 1.82) is 0 Å². The van der Waals surface area contributed by atoms with Crippen LogP contribution in [0.5, 0.6) is 0 Å². The molecule has 0 amide bonds. The van der Waals surface area contributed by atoms with E-state index in [1.807, 2.05) is 48.5 Å². The van der Waals surface area contributed by atoms with Crippen LogP contribution in [0.15, 0.2) is 48.5 Å². The zero-order chi connectivity index (χ0) is 16.7. The Labute approximate surface area is 144 Å². The predicted octanol–water partition coefficient (Wildman–Crippen LogP) is 5.07. The Bertz CT molecular complexity index is 990. The van der Waals surface area contributed by atoms with Crippen LogP contribution >= 0.6 is 11.6 Å². The van der Waals surface area contributed by atoms with Gasteiger partial charge in [0.1, 0.15) is 0 Å². The van der Waals surface area contributed by atoms with Gasteiger partial charge < -0.3 is 5.11 Å². The van der Waals surface area contributed by atoms with Gasteiger partial charge in [-0.05, 0) is 53.8 Å². The van der Waals surface area contributed by atoms with Gasteiger partial charge in [-0.15, -0.1) is 0 Å². The second-order valence-electron chi connectivity index (χ2n) is 5.86. The van der Waals surface area contributed by atoms with Crippen LogP contribution in [-0.2, 0) is 6.42 Å². The summed E-state index contributed by atoms with van der Waals surface area (Å²) in [6, 6.07) is 15.0. The number of para-hydroxylation sites is 1. The largest absolute Gasteiger partial charge is 0.478 e. The highest BCUT2D eigenvalue weighted by Crippen LogP contribution is 2.37. The van der Waals surface area contributed by atoms with Gasteiger partial charge in [0.15, 0.2) is 0 Å². The lowest BCUT2D eigenvalue weighted by Crippen LogP contribution is -2.05. The number of hydrogen-bond donors (Lipinski definition) is 1. The Morgan fingerprint density at radius 2 is 1.83 bits per heavy atom. The molecule has 0 saturated carbocycles. The summed E-state index contributed by atoms with van der Waals surface area (Å²) in [7, 11) is 0. The van der Waals surface area contributed by atoms with Crippen LogP contribution in [0.3, 0.4) is 0 Å². The minimum absolute atomic E-state index is 0.384. The Morgan fingerprint density at radius 1 is 1.08 bits per heavy atom. The average molecular weight is 336 g/mol. The molecule has 3 nitrogen and oxygen atoms in total. The van der Waals surface area contributed by atoms with Crippen LogP contribution in [0.2, 0.25) is 5.02 Å². The van der Waals surface area contributed by atoms with E-state index in [2.05, 4.69) is 6.08 Å². The van der Waals surface area contributed by atoms with Gasteiger partial charge in [0.25, 0.3) is 0 Å². The minimum Gasteiger partial charge on any atom is -0.478 e. The molecular weight excluding hydrogens is 322 g/mol. The second-order valence-corrected chi connectivity index (χ2v) is 6.29. The molecule has 0 fully saturated rings. The van der Waals surface area contributed by atoms with E-state index in [0.29, 0.717) is 22.4 Å². The van der Waals surface area contributed by atoms with E-state index in [0.717, 1.165) is 34.3 Å². The van der Waals surface area contributed by atoms with Gasteiger partial charge in [0, 0.05) is 10.4 Å². The highest BCUT2D eigenvalue weighted by atomic mass is 35.5. The van der Waals surface area contributed by atoms with E-state index in [9.17, 15) is 9.90 Å². The fourth-order valence-corrected chi connectivity index (χ4v) is 3.41. The SMILES string of the molecule is O=C(O)c1c2c(nc3ccccc13)C(=Cc1ccc(Cl)cc1)CC2. The molecule has 0 aliphatic heterocycles. The summed E-state index contributed by atoms with van der Waals surface area (Å²) in [5.41, 5.74) is 4.85. The molecule has 24 heavy (non-hydrogen) atoms. The summed E-state index contributed by atoms with van der Waals surface area (Å²) in [6.45, 7) is 0. The summed E-state index contributed by atoms with van der Waals surface area (Å²) in [4.78, 5) is 16.6. The number of fused-ring (bicyclic) bond motifs is 2. The van der Waals surface area contributed by atoms with Gasteiger partial charge in [-0.25, -0.2) is 9.78 Å². The fraction of sp³-hybridized carbons (Fsp3) is 0.100. The van der Waals surface area contributed by atoms with Crippen molar-refractivity contribution in [2.75, 3.05) is 0 Å². The first-order valence-electron chi connectivity index (χ1n) is 7.75. The maximum Gasteiger partial charge on any atom is 0.336 e. The number of allylic oxidation sites excluding steroid dienone is 1. The van der Waals surface area contributed by atoms with E-state index >= 15 is 0 Å². The highest BCUT2D eigenvalue weighted by Gasteiger charge is 2.26.